The molecule has 106 valence electrons. The topological polar surface area (TPSA) is 58.7 Å². The number of nitrogens with two attached hydrogens (primary N) is 1. The van der Waals surface area contributed by atoms with Gasteiger partial charge in [0.15, 0.2) is 0 Å². The quantitative estimate of drug-likeness (QED) is 0.814. The number of nitrogens with zero attached hydrogens (tertiary/aromatic N) is 1. The van der Waals surface area contributed by atoms with Gasteiger partial charge in [-0.15, -0.1) is 0 Å². The number of likely N-dealkylation sites (tertiary alicyclic amines) is 1. The Hall–Kier alpha value is -1.10. The van der Waals surface area contributed by atoms with E-state index in [4.69, 9.17) is 10.5 Å². The highest BCUT2D eigenvalue weighted by Crippen LogP contribution is 2.27. The number of hydrogen-bond acceptors (Lipinski definition) is 4. The van der Waals surface area contributed by atoms with Crippen molar-refractivity contribution >= 4 is 5.69 Å². The molecule has 0 spiro atoms. The van der Waals surface area contributed by atoms with Crippen LogP contribution in [0.2, 0.25) is 0 Å². The van der Waals surface area contributed by atoms with E-state index in [0.717, 1.165) is 31.5 Å². The van der Waals surface area contributed by atoms with Gasteiger partial charge in [0.05, 0.1) is 11.7 Å². The van der Waals surface area contributed by atoms with Crippen LogP contribution in [0, 0.1) is 0 Å². The van der Waals surface area contributed by atoms with E-state index in [-0.39, 0.29) is 5.60 Å². The Morgan fingerprint density at radius 2 is 2.21 bits per heavy atom. The molecule has 2 unspecified atom stereocenters. The number of piperidine rings is 1. The number of methoxy groups -OCH3 is 1. The molecule has 4 heteroatoms. The molecule has 1 aliphatic heterocycles. The molecule has 1 aromatic rings. The van der Waals surface area contributed by atoms with Crippen molar-refractivity contribution in [1.29, 1.82) is 0 Å². The van der Waals surface area contributed by atoms with Crippen LogP contribution in [0.5, 0.6) is 0 Å². The summed E-state index contributed by atoms with van der Waals surface area (Å²) in [5.74, 6) is 0. The van der Waals surface area contributed by atoms with Gasteiger partial charge in [-0.05, 0) is 32.4 Å². The van der Waals surface area contributed by atoms with Gasteiger partial charge in [0.25, 0.3) is 0 Å². The number of anilines is 1. The van der Waals surface area contributed by atoms with Crippen LogP contribution >= 0.6 is 0 Å². The summed E-state index contributed by atoms with van der Waals surface area (Å²) < 4.78 is 5.57. The summed E-state index contributed by atoms with van der Waals surface area (Å²) in [5.41, 5.74) is 7.27. The number of rotatable bonds is 4. The van der Waals surface area contributed by atoms with Gasteiger partial charge in [-0.3, -0.25) is 4.90 Å². The Bertz CT molecular complexity index is 424. The third-order valence-electron chi connectivity index (χ3n) is 4.02. The first kappa shape index (κ1) is 14.3. The maximum absolute atomic E-state index is 10.3. The minimum atomic E-state index is -0.541. The molecule has 0 amide bonds. The van der Waals surface area contributed by atoms with Crippen LogP contribution in [-0.2, 0) is 4.74 Å². The molecule has 0 bridgehead atoms. The van der Waals surface area contributed by atoms with Crippen LogP contribution in [0.25, 0.3) is 0 Å². The largest absolute Gasteiger partial charge is 0.398 e. The third kappa shape index (κ3) is 3.47. The molecular formula is C15H24N2O2. The van der Waals surface area contributed by atoms with Crippen molar-refractivity contribution in [3.8, 4) is 0 Å². The van der Waals surface area contributed by atoms with Gasteiger partial charge in [0, 0.05) is 31.5 Å². The third-order valence-corrected chi connectivity index (χ3v) is 4.02. The van der Waals surface area contributed by atoms with Crippen molar-refractivity contribution < 1.29 is 9.84 Å². The van der Waals surface area contributed by atoms with Crippen LogP contribution < -0.4 is 5.73 Å². The summed E-state index contributed by atoms with van der Waals surface area (Å²) in [6.45, 7) is 4.59. The Morgan fingerprint density at radius 3 is 2.89 bits per heavy atom. The minimum absolute atomic E-state index is 0.0970. The lowest BCUT2D eigenvalue weighted by Crippen LogP contribution is -2.48. The second kappa shape index (κ2) is 5.90. The fourth-order valence-electron chi connectivity index (χ4n) is 2.79. The van der Waals surface area contributed by atoms with E-state index < -0.39 is 6.10 Å². The predicted octanol–water partition coefficient (Wildman–Crippen LogP) is 1.80. The van der Waals surface area contributed by atoms with Crippen LogP contribution in [-0.4, -0.2) is 42.4 Å². The summed E-state index contributed by atoms with van der Waals surface area (Å²) in [6.07, 6.45) is 1.63. The molecule has 1 aliphatic rings. The zero-order chi connectivity index (χ0) is 13.9. The molecule has 0 saturated carbocycles. The fraction of sp³-hybridized carbons (Fsp3) is 0.600. The van der Waals surface area contributed by atoms with Gasteiger partial charge in [0.1, 0.15) is 0 Å². The van der Waals surface area contributed by atoms with E-state index in [9.17, 15) is 5.11 Å². The zero-order valence-electron chi connectivity index (χ0n) is 11.8. The summed E-state index contributed by atoms with van der Waals surface area (Å²) in [6, 6.07) is 7.51. The highest BCUT2D eigenvalue weighted by Gasteiger charge is 2.31. The molecule has 3 N–H and O–H groups in total. The minimum Gasteiger partial charge on any atom is -0.398 e. The van der Waals surface area contributed by atoms with E-state index in [1.54, 1.807) is 7.11 Å². The molecule has 1 saturated heterocycles. The predicted molar refractivity (Wildman–Crippen MR) is 76.9 cm³/mol. The molecule has 0 aliphatic carbocycles. The Morgan fingerprint density at radius 1 is 1.47 bits per heavy atom. The number of aliphatic hydroxyl groups is 1. The highest BCUT2D eigenvalue weighted by atomic mass is 16.5. The number of ether oxygens (including phenoxy) is 1. The number of aliphatic hydroxyl groups excluding tert-OH is 1. The Labute approximate surface area is 115 Å². The van der Waals surface area contributed by atoms with Crippen LogP contribution in [0.4, 0.5) is 5.69 Å². The summed E-state index contributed by atoms with van der Waals surface area (Å²) in [5, 5.41) is 10.3. The van der Waals surface area contributed by atoms with E-state index in [0.29, 0.717) is 12.2 Å². The Kier molecular flexibility index (Phi) is 4.45. The van der Waals surface area contributed by atoms with E-state index >= 15 is 0 Å². The first-order chi connectivity index (χ1) is 9.04. The van der Waals surface area contributed by atoms with Crippen molar-refractivity contribution in [3.05, 3.63) is 29.8 Å². The number of para-hydroxylation sites is 1. The lowest BCUT2D eigenvalue weighted by Gasteiger charge is -2.40. The average molecular weight is 264 g/mol. The molecular weight excluding hydrogens is 240 g/mol. The van der Waals surface area contributed by atoms with Crippen LogP contribution in [0.15, 0.2) is 24.3 Å². The van der Waals surface area contributed by atoms with E-state index in [1.807, 2.05) is 24.3 Å². The van der Waals surface area contributed by atoms with E-state index in [1.165, 1.54) is 0 Å². The normalized spacial score (nSPS) is 26.3. The molecule has 4 nitrogen and oxygen atoms in total. The molecule has 0 aromatic heterocycles. The number of benzene rings is 1. The smallest absolute Gasteiger partial charge is 0.0936 e. The van der Waals surface area contributed by atoms with Crippen LogP contribution in [0.3, 0.4) is 0 Å². The van der Waals surface area contributed by atoms with Crippen molar-refractivity contribution in [3.63, 3.8) is 0 Å². The number of β-amino-alcohol motifs (C(OH)–C–C–N with tert-alkyl or cyclic N) is 1. The summed E-state index contributed by atoms with van der Waals surface area (Å²) in [4.78, 5) is 2.25. The fourth-order valence-corrected chi connectivity index (χ4v) is 2.79. The van der Waals surface area contributed by atoms with Crippen molar-refractivity contribution in [1.82, 2.24) is 4.90 Å². The van der Waals surface area contributed by atoms with Crippen molar-refractivity contribution in [2.45, 2.75) is 31.5 Å². The zero-order valence-corrected chi connectivity index (χ0v) is 11.8. The number of nitrogen functional groups attached to an aromatic ring is 1. The summed E-state index contributed by atoms with van der Waals surface area (Å²) in [7, 11) is 1.76. The number of hydrogen-bond donors (Lipinski definition) is 2. The van der Waals surface area contributed by atoms with Crippen molar-refractivity contribution in [2.75, 3.05) is 32.5 Å². The molecule has 0 radical (unpaired) electrons. The Balaban J connectivity index is 1.99. The molecule has 19 heavy (non-hydrogen) atoms. The second-order valence-electron chi connectivity index (χ2n) is 5.64. The molecule has 2 atom stereocenters. The summed E-state index contributed by atoms with van der Waals surface area (Å²) >= 11 is 0. The van der Waals surface area contributed by atoms with Crippen LogP contribution in [0.1, 0.15) is 31.4 Å². The molecule has 1 heterocycles. The first-order valence-electron chi connectivity index (χ1n) is 6.84. The molecule has 1 fully saturated rings. The van der Waals surface area contributed by atoms with Crippen molar-refractivity contribution in [2.24, 2.45) is 0 Å². The maximum Gasteiger partial charge on any atom is 0.0936 e. The van der Waals surface area contributed by atoms with Gasteiger partial charge in [-0.2, -0.15) is 0 Å². The lowest BCUT2D eigenvalue weighted by molar-refractivity contribution is -0.0586. The standard InChI is InChI=1S/C15H24N2O2/c1-15(19-2)8-5-9-17(11-15)10-14(18)12-6-3-4-7-13(12)16/h3-4,6-7,14,18H,5,8-11,16H2,1-2H3. The molecule has 2 rings (SSSR count). The van der Waals surface area contributed by atoms with Gasteiger partial charge in [0.2, 0.25) is 0 Å². The van der Waals surface area contributed by atoms with Gasteiger partial charge in [-0.25, -0.2) is 0 Å². The first-order valence-corrected chi connectivity index (χ1v) is 6.84. The van der Waals surface area contributed by atoms with Gasteiger partial charge < -0.3 is 15.6 Å². The van der Waals surface area contributed by atoms with Gasteiger partial charge >= 0.3 is 0 Å². The monoisotopic (exact) mass is 264 g/mol. The average Bonchev–Trinajstić information content (AvgIpc) is 2.39. The van der Waals surface area contributed by atoms with E-state index in [2.05, 4.69) is 11.8 Å². The molecule has 1 aromatic carbocycles. The van der Waals surface area contributed by atoms with Gasteiger partial charge in [-0.1, -0.05) is 18.2 Å². The highest BCUT2D eigenvalue weighted by molar-refractivity contribution is 5.47. The lowest BCUT2D eigenvalue weighted by atomic mass is 9.94. The maximum atomic E-state index is 10.3. The SMILES string of the molecule is COC1(C)CCCN(CC(O)c2ccccc2N)C1. The second-order valence-corrected chi connectivity index (χ2v) is 5.64.